The second-order valence-electron chi connectivity index (χ2n) is 11.2. The van der Waals surface area contributed by atoms with Crippen molar-refractivity contribution in [2.45, 2.75) is 24.9 Å². The monoisotopic (exact) mass is 523 g/mol. The Balaban J connectivity index is 1.06. The van der Waals surface area contributed by atoms with Crippen LogP contribution in [0.15, 0.2) is 48.7 Å². The molecule has 0 saturated carbocycles. The predicted octanol–water partition coefficient (Wildman–Crippen LogP) is 2.61. The van der Waals surface area contributed by atoms with Crippen LogP contribution >= 0.6 is 0 Å². The third kappa shape index (κ3) is 4.64. The third-order valence-corrected chi connectivity index (χ3v) is 8.68. The number of rotatable bonds is 4. The molecule has 4 unspecified atom stereocenters. The fraction of sp³-hybridized carbons (Fsp3) is 0.433. The van der Waals surface area contributed by atoms with Crippen molar-refractivity contribution in [1.29, 1.82) is 0 Å². The molecule has 9 heteroatoms. The lowest BCUT2D eigenvalue weighted by atomic mass is 10.0. The first-order valence-corrected chi connectivity index (χ1v) is 13.8. The number of nitrogens with two attached hydrogens (primary N) is 1. The molecule has 2 bridgehead atoms. The van der Waals surface area contributed by atoms with E-state index in [1.807, 2.05) is 24.4 Å². The number of phenols is 1. The zero-order valence-corrected chi connectivity index (χ0v) is 21.9. The van der Waals surface area contributed by atoms with Gasteiger partial charge in [0.2, 0.25) is 0 Å². The molecule has 3 aromatic rings. The molecule has 9 nitrogen and oxygen atoms in total. The van der Waals surface area contributed by atoms with Gasteiger partial charge in [-0.3, -0.25) is 4.90 Å². The Hall–Kier alpha value is -3.87. The first kappa shape index (κ1) is 24.2. The molecular formula is C30H33N7O2. The lowest BCUT2D eigenvalue weighted by molar-refractivity contribution is 0.158. The number of para-hydroxylation sites is 1. The van der Waals surface area contributed by atoms with Crippen LogP contribution < -0.4 is 15.5 Å². The summed E-state index contributed by atoms with van der Waals surface area (Å²) in [5, 5.41) is 18.8. The van der Waals surface area contributed by atoms with Crippen LogP contribution in [0.2, 0.25) is 0 Å². The Morgan fingerprint density at radius 1 is 0.974 bits per heavy atom. The zero-order valence-electron chi connectivity index (χ0n) is 21.9. The molecule has 4 aliphatic heterocycles. The highest BCUT2D eigenvalue weighted by molar-refractivity contribution is 5.74. The van der Waals surface area contributed by atoms with Crippen LogP contribution in [-0.4, -0.2) is 83.2 Å². The van der Waals surface area contributed by atoms with Crippen molar-refractivity contribution in [1.82, 2.24) is 20.1 Å². The van der Waals surface area contributed by atoms with E-state index in [0.29, 0.717) is 41.0 Å². The standard InChI is InChI=1S/C30H33N7O2/c31-30-28(13-27(33-34-30)26-5-1-2-6-29(26)38)36-16-24-7-8-25(17-36)37(24)23-9-10-32-22(12-23)4-3-11-35-14-20-18-39-19-21(20)15-35/h1-2,5-6,9-10,12-13,20-21,24-25,38H,7-8,11,14-19H2,(H2,31,34). The maximum atomic E-state index is 10.3. The molecule has 4 atom stereocenters. The van der Waals surface area contributed by atoms with Crippen LogP contribution in [0.25, 0.3) is 11.3 Å². The lowest BCUT2D eigenvalue weighted by Gasteiger charge is -2.43. The molecule has 200 valence electrons. The van der Waals surface area contributed by atoms with Gasteiger partial charge in [-0.25, -0.2) is 4.98 Å². The summed E-state index contributed by atoms with van der Waals surface area (Å²) in [5.74, 6) is 8.63. The van der Waals surface area contributed by atoms with Crippen molar-refractivity contribution < 1.29 is 9.84 Å². The molecule has 3 N–H and O–H groups in total. The Kier molecular flexibility index (Phi) is 6.22. The average molecular weight is 524 g/mol. The van der Waals surface area contributed by atoms with Gasteiger partial charge in [-0.05, 0) is 49.1 Å². The minimum atomic E-state index is 0.182. The van der Waals surface area contributed by atoms with E-state index in [9.17, 15) is 5.11 Å². The molecule has 0 amide bonds. The fourth-order valence-electron chi connectivity index (χ4n) is 6.79. The maximum absolute atomic E-state index is 10.3. The maximum Gasteiger partial charge on any atom is 0.169 e. The van der Waals surface area contributed by atoms with Gasteiger partial charge in [-0.15, -0.1) is 10.2 Å². The van der Waals surface area contributed by atoms with Gasteiger partial charge >= 0.3 is 0 Å². The van der Waals surface area contributed by atoms with Crippen molar-refractivity contribution in [2.75, 3.05) is 61.5 Å². The van der Waals surface area contributed by atoms with E-state index in [0.717, 1.165) is 70.2 Å². The Morgan fingerprint density at radius 2 is 1.74 bits per heavy atom. The van der Waals surface area contributed by atoms with Crippen molar-refractivity contribution in [2.24, 2.45) is 11.8 Å². The Labute approximate surface area is 228 Å². The molecule has 0 spiro atoms. The highest BCUT2D eigenvalue weighted by atomic mass is 16.5. The van der Waals surface area contributed by atoms with Gasteiger partial charge in [-0.1, -0.05) is 18.1 Å². The van der Waals surface area contributed by atoms with Crippen molar-refractivity contribution >= 4 is 17.2 Å². The van der Waals surface area contributed by atoms with Crippen molar-refractivity contribution in [3.05, 3.63) is 54.4 Å². The van der Waals surface area contributed by atoms with E-state index < -0.39 is 0 Å². The van der Waals surface area contributed by atoms with Gasteiger partial charge in [0.05, 0.1) is 31.1 Å². The molecule has 0 aliphatic carbocycles. The van der Waals surface area contributed by atoms with Gasteiger partial charge in [0.15, 0.2) is 5.82 Å². The van der Waals surface area contributed by atoms with Crippen LogP contribution in [-0.2, 0) is 4.74 Å². The number of fused-ring (bicyclic) bond motifs is 3. The number of piperazine rings is 1. The number of anilines is 3. The van der Waals surface area contributed by atoms with Gasteiger partial charge in [0.25, 0.3) is 0 Å². The largest absolute Gasteiger partial charge is 0.507 e. The highest BCUT2D eigenvalue weighted by Crippen LogP contribution is 2.39. The second kappa shape index (κ2) is 10.0. The Morgan fingerprint density at radius 3 is 2.51 bits per heavy atom. The number of aromatic hydroxyl groups is 1. The SMILES string of the molecule is Nc1nnc(-c2ccccc2O)cc1N1CC2CCC(C1)N2c1ccnc(C#CCN2CC3COCC3C2)c1. The number of hydrogen-bond donors (Lipinski definition) is 2. The second-order valence-corrected chi connectivity index (χ2v) is 11.2. The van der Waals surface area contributed by atoms with Gasteiger partial charge in [-0.2, -0.15) is 0 Å². The van der Waals surface area contributed by atoms with E-state index in [1.165, 1.54) is 5.69 Å². The number of likely N-dealkylation sites (tertiary alicyclic amines) is 1. The fourth-order valence-corrected chi connectivity index (χ4v) is 6.79. The molecule has 0 radical (unpaired) electrons. The number of nitrogen functional groups attached to an aromatic ring is 1. The summed E-state index contributed by atoms with van der Waals surface area (Å²) in [6, 6.07) is 14.1. The van der Waals surface area contributed by atoms with E-state index >= 15 is 0 Å². The predicted molar refractivity (Wildman–Crippen MR) is 150 cm³/mol. The van der Waals surface area contributed by atoms with Crippen LogP contribution in [0.3, 0.4) is 0 Å². The number of phenolic OH excluding ortho intramolecular Hbond substituents is 1. The van der Waals surface area contributed by atoms with Crippen molar-refractivity contribution in [3.63, 3.8) is 0 Å². The number of hydrogen-bond acceptors (Lipinski definition) is 9. The quantitative estimate of drug-likeness (QED) is 0.500. The summed E-state index contributed by atoms with van der Waals surface area (Å²) in [6.07, 6.45) is 4.12. The Bertz CT molecular complexity index is 1410. The van der Waals surface area contributed by atoms with E-state index in [4.69, 9.17) is 10.5 Å². The van der Waals surface area contributed by atoms with Crippen LogP contribution in [0.5, 0.6) is 5.75 Å². The number of ether oxygens (including phenoxy) is 1. The molecule has 39 heavy (non-hydrogen) atoms. The number of aromatic nitrogens is 3. The zero-order chi connectivity index (χ0) is 26.3. The minimum absolute atomic E-state index is 0.182. The van der Waals surface area contributed by atoms with Crippen LogP contribution in [0, 0.1) is 23.7 Å². The van der Waals surface area contributed by atoms with Crippen LogP contribution in [0.4, 0.5) is 17.2 Å². The molecule has 4 saturated heterocycles. The van der Waals surface area contributed by atoms with Gasteiger partial charge in [0, 0.05) is 67.5 Å². The summed E-state index contributed by atoms with van der Waals surface area (Å²) in [7, 11) is 0. The molecule has 7 rings (SSSR count). The lowest BCUT2D eigenvalue weighted by Crippen LogP contribution is -2.54. The first-order chi connectivity index (χ1) is 19.1. The molecular weight excluding hydrogens is 490 g/mol. The average Bonchev–Trinajstić information content (AvgIpc) is 3.61. The van der Waals surface area contributed by atoms with E-state index in [-0.39, 0.29) is 5.75 Å². The summed E-state index contributed by atoms with van der Waals surface area (Å²) in [6.45, 7) is 6.45. The van der Waals surface area contributed by atoms with Gasteiger partial charge in [0.1, 0.15) is 11.4 Å². The molecule has 4 fully saturated rings. The summed E-state index contributed by atoms with van der Waals surface area (Å²) < 4.78 is 5.59. The minimum Gasteiger partial charge on any atom is -0.507 e. The van der Waals surface area contributed by atoms with E-state index in [2.05, 4.69) is 53.9 Å². The number of pyridine rings is 1. The molecule has 4 aliphatic rings. The third-order valence-electron chi connectivity index (χ3n) is 8.68. The molecule has 1 aromatic carbocycles. The molecule has 6 heterocycles. The number of benzene rings is 1. The number of nitrogens with zero attached hydrogens (tertiary/aromatic N) is 6. The first-order valence-electron chi connectivity index (χ1n) is 13.8. The van der Waals surface area contributed by atoms with Gasteiger partial charge < -0.3 is 25.4 Å². The topological polar surface area (TPSA) is 104 Å². The highest BCUT2D eigenvalue weighted by Gasteiger charge is 2.41. The summed E-state index contributed by atoms with van der Waals surface area (Å²) in [5.41, 5.74) is 10.5. The summed E-state index contributed by atoms with van der Waals surface area (Å²) >= 11 is 0. The smallest absolute Gasteiger partial charge is 0.169 e. The van der Waals surface area contributed by atoms with E-state index in [1.54, 1.807) is 12.1 Å². The van der Waals surface area contributed by atoms with Crippen LogP contribution in [0.1, 0.15) is 18.5 Å². The summed E-state index contributed by atoms with van der Waals surface area (Å²) in [4.78, 5) is 11.9. The van der Waals surface area contributed by atoms with Crippen molar-refractivity contribution in [3.8, 4) is 28.8 Å². The molecule has 2 aromatic heterocycles. The normalized spacial score (nSPS) is 25.9.